The highest BCUT2D eigenvalue weighted by Gasteiger charge is 2.19. The van der Waals surface area contributed by atoms with Crippen LogP contribution in [0.5, 0.6) is 0 Å². The lowest BCUT2D eigenvalue weighted by atomic mass is 10.0. The van der Waals surface area contributed by atoms with E-state index in [0.29, 0.717) is 12.1 Å². The van der Waals surface area contributed by atoms with E-state index in [1.54, 1.807) is 6.20 Å². The fourth-order valence-electron chi connectivity index (χ4n) is 4.25. The van der Waals surface area contributed by atoms with Crippen molar-refractivity contribution in [2.75, 3.05) is 46.3 Å². The molecule has 0 atom stereocenters. The number of rotatable bonds is 7. The molecule has 1 amide bonds. The number of hydrogen-bond acceptors (Lipinski definition) is 5. The van der Waals surface area contributed by atoms with Crippen molar-refractivity contribution < 1.29 is 4.79 Å². The minimum atomic E-state index is -0.0612. The third kappa shape index (κ3) is 4.84. The molecule has 1 aliphatic heterocycles. The number of nitrogens with zero attached hydrogens (tertiary/aromatic N) is 5. The maximum atomic E-state index is 13.2. The second kappa shape index (κ2) is 9.79. The minimum Gasteiger partial charge on any atom is -0.352 e. The standard InChI is InChI=1S/C25H34N6O/c1-18(2)31-24-22(17-27-31)21(16-23(28-24)20-9-6-5-8-19(20)3)25(32)26-10-7-11-30-14-12-29(4)13-15-30/h5-6,8-9,16-18H,7,10-15H2,1-4H3,(H,26,32). The zero-order valence-electron chi connectivity index (χ0n) is 19.6. The molecule has 7 heteroatoms. The van der Waals surface area contributed by atoms with Crippen LogP contribution in [0.15, 0.2) is 36.5 Å². The molecule has 0 bridgehead atoms. The van der Waals surface area contributed by atoms with Crippen LogP contribution in [0.3, 0.4) is 0 Å². The second-order valence-corrected chi connectivity index (χ2v) is 9.04. The first-order valence-corrected chi connectivity index (χ1v) is 11.6. The predicted octanol–water partition coefficient (Wildman–Crippen LogP) is 3.35. The van der Waals surface area contributed by atoms with Crippen LogP contribution in [0.2, 0.25) is 0 Å². The highest BCUT2D eigenvalue weighted by Crippen LogP contribution is 2.28. The lowest BCUT2D eigenvalue weighted by Crippen LogP contribution is -2.45. The Morgan fingerprint density at radius 1 is 1.16 bits per heavy atom. The van der Waals surface area contributed by atoms with Crippen molar-refractivity contribution in [3.63, 3.8) is 0 Å². The molecule has 170 valence electrons. The van der Waals surface area contributed by atoms with Gasteiger partial charge in [-0.2, -0.15) is 5.10 Å². The van der Waals surface area contributed by atoms with Crippen molar-refractivity contribution >= 4 is 16.9 Å². The molecular weight excluding hydrogens is 400 g/mol. The average Bonchev–Trinajstić information content (AvgIpc) is 3.22. The third-order valence-electron chi connectivity index (χ3n) is 6.25. The summed E-state index contributed by atoms with van der Waals surface area (Å²) >= 11 is 0. The number of nitrogens with one attached hydrogen (secondary N) is 1. The van der Waals surface area contributed by atoms with Gasteiger partial charge in [0, 0.05) is 44.3 Å². The summed E-state index contributed by atoms with van der Waals surface area (Å²) in [5.41, 5.74) is 4.37. The number of pyridine rings is 1. The molecule has 0 radical (unpaired) electrons. The van der Waals surface area contributed by atoms with Crippen LogP contribution in [0.25, 0.3) is 22.3 Å². The quantitative estimate of drug-likeness (QED) is 0.578. The average molecular weight is 435 g/mol. The van der Waals surface area contributed by atoms with Crippen LogP contribution < -0.4 is 5.32 Å². The van der Waals surface area contributed by atoms with E-state index in [-0.39, 0.29) is 11.9 Å². The van der Waals surface area contributed by atoms with Crippen LogP contribution in [0.4, 0.5) is 0 Å². The van der Waals surface area contributed by atoms with E-state index < -0.39 is 0 Å². The van der Waals surface area contributed by atoms with E-state index in [2.05, 4.69) is 60.2 Å². The molecule has 3 aromatic rings. The van der Waals surface area contributed by atoms with Crippen molar-refractivity contribution in [2.24, 2.45) is 0 Å². The van der Waals surface area contributed by atoms with Gasteiger partial charge in [0.25, 0.3) is 5.91 Å². The van der Waals surface area contributed by atoms with Crippen molar-refractivity contribution in [1.82, 2.24) is 29.9 Å². The number of carbonyl (C=O) groups is 1. The monoisotopic (exact) mass is 434 g/mol. The maximum Gasteiger partial charge on any atom is 0.252 e. The van der Waals surface area contributed by atoms with E-state index in [1.807, 2.05) is 22.9 Å². The number of fused-ring (bicyclic) bond motifs is 1. The summed E-state index contributed by atoms with van der Waals surface area (Å²) in [6.07, 6.45) is 2.71. The molecule has 0 unspecified atom stereocenters. The van der Waals surface area contributed by atoms with E-state index >= 15 is 0 Å². The number of amides is 1. The fourth-order valence-corrected chi connectivity index (χ4v) is 4.25. The summed E-state index contributed by atoms with van der Waals surface area (Å²) in [4.78, 5) is 22.9. The Kier molecular flexibility index (Phi) is 6.86. The predicted molar refractivity (Wildman–Crippen MR) is 129 cm³/mol. The lowest BCUT2D eigenvalue weighted by molar-refractivity contribution is 0.0951. The normalized spacial score (nSPS) is 15.5. The highest BCUT2D eigenvalue weighted by molar-refractivity contribution is 6.06. The van der Waals surface area contributed by atoms with Gasteiger partial charge in [0.15, 0.2) is 5.65 Å². The Morgan fingerprint density at radius 2 is 1.91 bits per heavy atom. The van der Waals surface area contributed by atoms with Crippen LogP contribution in [-0.4, -0.2) is 76.8 Å². The lowest BCUT2D eigenvalue weighted by Gasteiger charge is -2.32. The topological polar surface area (TPSA) is 66.3 Å². The van der Waals surface area contributed by atoms with Gasteiger partial charge in [-0.05, 0) is 52.4 Å². The van der Waals surface area contributed by atoms with E-state index in [0.717, 1.165) is 67.0 Å². The van der Waals surface area contributed by atoms with Gasteiger partial charge in [-0.3, -0.25) is 4.79 Å². The summed E-state index contributed by atoms with van der Waals surface area (Å²) < 4.78 is 1.89. The Morgan fingerprint density at radius 3 is 2.62 bits per heavy atom. The summed E-state index contributed by atoms with van der Waals surface area (Å²) in [6.45, 7) is 12.3. The van der Waals surface area contributed by atoms with Crippen molar-refractivity contribution in [2.45, 2.75) is 33.2 Å². The van der Waals surface area contributed by atoms with Gasteiger partial charge >= 0.3 is 0 Å². The van der Waals surface area contributed by atoms with E-state index in [9.17, 15) is 4.79 Å². The van der Waals surface area contributed by atoms with Gasteiger partial charge in [0.05, 0.1) is 22.8 Å². The number of piperazine rings is 1. The molecule has 3 heterocycles. The van der Waals surface area contributed by atoms with Crippen molar-refractivity contribution in [3.05, 3.63) is 47.7 Å². The molecule has 1 aromatic carbocycles. The maximum absolute atomic E-state index is 13.2. The van der Waals surface area contributed by atoms with Gasteiger partial charge in [0.1, 0.15) is 0 Å². The molecule has 7 nitrogen and oxygen atoms in total. The molecule has 1 saturated heterocycles. The summed E-state index contributed by atoms with van der Waals surface area (Å²) in [5, 5.41) is 8.45. The molecule has 0 aliphatic carbocycles. The molecule has 32 heavy (non-hydrogen) atoms. The zero-order valence-corrected chi connectivity index (χ0v) is 19.6. The van der Waals surface area contributed by atoms with Crippen molar-refractivity contribution in [1.29, 1.82) is 0 Å². The zero-order chi connectivity index (χ0) is 22.7. The first-order chi connectivity index (χ1) is 15.4. The second-order valence-electron chi connectivity index (χ2n) is 9.04. The molecule has 2 aromatic heterocycles. The number of carbonyl (C=O) groups excluding carboxylic acids is 1. The highest BCUT2D eigenvalue weighted by atomic mass is 16.1. The largest absolute Gasteiger partial charge is 0.352 e. The molecule has 0 spiro atoms. The van der Waals surface area contributed by atoms with Crippen molar-refractivity contribution in [3.8, 4) is 11.3 Å². The molecule has 1 N–H and O–H groups in total. The Bertz CT molecular complexity index is 1080. The number of aryl methyl sites for hydroxylation is 1. The van der Waals surface area contributed by atoms with Crippen LogP contribution in [0.1, 0.15) is 42.2 Å². The minimum absolute atomic E-state index is 0.0612. The van der Waals surface area contributed by atoms with Crippen LogP contribution >= 0.6 is 0 Å². The molecule has 1 fully saturated rings. The van der Waals surface area contributed by atoms with Gasteiger partial charge in [0.2, 0.25) is 0 Å². The number of likely N-dealkylation sites (N-methyl/N-ethyl adjacent to an activating group) is 1. The number of hydrogen-bond donors (Lipinski definition) is 1. The first kappa shape index (κ1) is 22.4. The Hall–Kier alpha value is -2.77. The summed E-state index contributed by atoms with van der Waals surface area (Å²) in [5.74, 6) is -0.0612. The number of aromatic nitrogens is 3. The summed E-state index contributed by atoms with van der Waals surface area (Å²) in [6, 6.07) is 10.2. The first-order valence-electron chi connectivity index (χ1n) is 11.6. The van der Waals surface area contributed by atoms with Gasteiger partial charge in [-0.25, -0.2) is 9.67 Å². The Balaban J connectivity index is 1.54. The van der Waals surface area contributed by atoms with Crippen LogP contribution in [-0.2, 0) is 0 Å². The Labute approximate surface area is 190 Å². The van der Waals surface area contributed by atoms with E-state index in [1.165, 1.54) is 0 Å². The number of benzene rings is 1. The molecule has 1 aliphatic rings. The molecule has 0 saturated carbocycles. The smallest absolute Gasteiger partial charge is 0.252 e. The molecule has 4 rings (SSSR count). The van der Waals surface area contributed by atoms with E-state index in [4.69, 9.17) is 4.98 Å². The van der Waals surface area contributed by atoms with Crippen LogP contribution in [0, 0.1) is 6.92 Å². The third-order valence-corrected chi connectivity index (χ3v) is 6.25. The SMILES string of the molecule is Cc1ccccc1-c1cc(C(=O)NCCCN2CCN(C)CC2)c2cnn(C(C)C)c2n1. The van der Waals surface area contributed by atoms with Gasteiger partial charge in [-0.15, -0.1) is 0 Å². The van der Waals surface area contributed by atoms with Gasteiger partial charge in [-0.1, -0.05) is 24.3 Å². The summed E-state index contributed by atoms with van der Waals surface area (Å²) in [7, 11) is 2.17. The fraction of sp³-hybridized carbons (Fsp3) is 0.480. The molecular formula is C25H34N6O. The van der Waals surface area contributed by atoms with Gasteiger partial charge < -0.3 is 15.1 Å².